The highest BCUT2D eigenvalue weighted by molar-refractivity contribution is 5.88. The summed E-state index contributed by atoms with van der Waals surface area (Å²) in [5, 5.41) is 14.7. The van der Waals surface area contributed by atoms with Crippen LogP contribution < -0.4 is 10.1 Å². The summed E-state index contributed by atoms with van der Waals surface area (Å²) in [6.07, 6.45) is 9.71. The zero-order chi connectivity index (χ0) is 27.0. The number of nitrogens with zero attached hydrogens (tertiary/aromatic N) is 2. The molecule has 0 spiro atoms. The third kappa shape index (κ3) is 5.40. The Balaban J connectivity index is 1.26. The molecule has 3 aliphatic rings. The van der Waals surface area contributed by atoms with Crippen LogP contribution in [0.4, 0.5) is 10.1 Å². The molecule has 2 aromatic carbocycles. The van der Waals surface area contributed by atoms with Gasteiger partial charge >= 0.3 is 0 Å². The summed E-state index contributed by atoms with van der Waals surface area (Å²) in [4.78, 5) is 6.92. The number of hydrogen-bond donors (Lipinski definition) is 2. The molecule has 6 heteroatoms. The molecule has 2 aliphatic heterocycles. The maximum atomic E-state index is 12.5. The fraction of sp³-hybridized carbons (Fsp3) is 0.424. The van der Waals surface area contributed by atoms with Gasteiger partial charge in [-0.3, -0.25) is 9.29 Å². The van der Waals surface area contributed by atoms with Gasteiger partial charge in [-0.15, -0.1) is 0 Å². The number of aromatic hydroxyl groups is 1. The molecule has 0 amide bonds. The van der Waals surface area contributed by atoms with Crippen molar-refractivity contribution in [3.05, 3.63) is 77.0 Å². The Labute approximate surface area is 230 Å². The van der Waals surface area contributed by atoms with Crippen molar-refractivity contribution in [2.75, 3.05) is 31.6 Å². The number of nitrogens with one attached hydrogen (secondary N) is 1. The first kappa shape index (κ1) is 25.9. The maximum absolute atomic E-state index is 12.5. The van der Waals surface area contributed by atoms with Crippen molar-refractivity contribution < 1.29 is 14.2 Å². The lowest BCUT2D eigenvalue weighted by atomic mass is 9.87. The van der Waals surface area contributed by atoms with Crippen LogP contribution >= 0.6 is 0 Å². The average Bonchev–Trinajstić information content (AvgIpc) is 3.42. The van der Waals surface area contributed by atoms with Crippen LogP contribution in [0.3, 0.4) is 0 Å². The number of likely N-dealkylation sites (tertiary alicyclic amines) is 1. The van der Waals surface area contributed by atoms with E-state index in [2.05, 4.69) is 65.5 Å². The van der Waals surface area contributed by atoms with Crippen molar-refractivity contribution in [2.24, 2.45) is 0 Å². The predicted octanol–water partition coefficient (Wildman–Crippen LogP) is 6.78. The van der Waals surface area contributed by atoms with E-state index in [1.54, 1.807) is 0 Å². The van der Waals surface area contributed by atoms with E-state index in [0.29, 0.717) is 18.1 Å². The van der Waals surface area contributed by atoms with E-state index in [9.17, 15) is 9.50 Å². The van der Waals surface area contributed by atoms with Crippen LogP contribution in [0, 0.1) is 0 Å². The molecule has 0 bridgehead atoms. The van der Waals surface area contributed by atoms with E-state index in [4.69, 9.17) is 4.74 Å². The molecule has 0 unspecified atom stereocenters. The van der Waals surface area contributed by atoms with Gasteiger partial charge in [-0.1, -0.05) is 18.2 Å². The van der Waals surface area contributed by atoms with Gasteiger partial charge in [0.15, 0.2) is 0 Å². The smallest absolute Gasteiger partial charge is 0.213 e. The lowest BCUT2D eigenvalue weighted by Gasteiger charge is -2.18. The van der Waals surface area contributed by atoms with Crippen molar-refractivity contribution in [2.45, 2.75) is 64.0 Å². The highest BCUT2D eigenvalue weighted by atomic mass is 19.1. The number of benzene rings is 2. The normalized spacial score (nSPS) is 20.1. The van der Waals surface area contributed by atoms with Gasteiger partial charge in [0.1, 0.15) is 11.9 Å². The number of allylic oxidation sites excluding steroid dienone is 1. The highest BCUT2D eigenvalue weighted by Crippen LogP contribution is 2.43. The summed E-state index contributed by atoms with van der Waals surface area (Å²) in [5.74, 6) is 0.964. The molecule has 1 saturated heterocycles. The molecule has 0 saturated carbocycles. The van der Waals surface area contributed by atoms with Crippen LogP contribution in [-0.2, 0) is 12.8 Å². The number of halogens is 1. The second-order valence-electron chi connectivity index (χ2n) is 11.8. The summed E-state index contributed by atoms with van der Waals surface area (Å²) in [6, 6.07) is 14.5. The Morgan fingerprint density at radius 3 is 2.85 bits per heavy atom. The number of pyridine rings is 1. The number of aromatic nitrogens is 1. The first-order chi connectivity index (χ1) is 18.9. The van der Waals surface area contributed by atoms with Crippen molar-refractivity contribution >= 4 is 11.3 Å². The van der Waals surface area contributed by atoms with Crippen LogP contribution in [0.2, 0.25) is 0 Å². The van der Waals surface area contributed by atoms with Gasteiger partial charge < -0.3 is 15.2 Å². The van der Waals surface area contributed by atoms with E-state index in [1.165, 1.54) is 16.8 Å². The lowest BCUT2D eigenvalue weighted by molar-refractivity contribution is 0.191. The van der Waals surface area contributed by atoms with E-state index in [0.717, 1.165) is 79.6 Å². The molecule has 1 aliphatic carbocycles. The molecule has 3 heterocycles. The Morgan fingerprint density at radius 2 is 2.03 bits per heavy atom. The van der Waals surface area contributed by atoms with Crippen LogP contribution in [-0.4, -0.2) is 52.9 Å². The van der Waals surface area contributed by atoms with E-state index in [-0.39, 0.29) is 18.3 Å². The number of phenolic OH excluding ortho intramolecular Hbond substituents is 1. The summed E-state index contributed by atoms with van der Waals surface area (Å²) in [5.41, 5.74) is 9.11. The standard InChI is InChI=1S/C33H38FN3O2/c1-33(2)19-24-18-22(8-11-29(24)36-33)32-28-7-4-3-6-26(27(28)10-12-30(32)38)23-9-13-31(35-20-23)39-25-14-17-37(21-25)16-5-15-34/h6,8-13,18,20,25,36,38H,3-5,7,14-17,19,21H2,1-2H3/t25-/m0/s1. The molecule has 204 valence electrons. The van der Waals surface area contributed by atoms with E-state index < -0.39 is 0 Å². The molecule has 1 aromatic heterocycles. The number of fused-ring (bicyclic) bond motifs is 2. The van der Waals surface area contributed by atoms with Crippen molar-refractivity contribution in [1.29, 1.82) is 0 Å². The predicted molar refractivity (Wildman–Crippen MR) is 155 cm³/mol. The van der Waals surface area contributed by atoms with E-state index >= 15 is 0 Å². The number of phenols is 1. The summed E-state index contributed by atoms with van der Waals surface area (Å²) >= 11 is 0. The Morgan fingerprint density at radius 1 is 1.15 bits per heavy atom. The minimum atomic E-state index is -0.270. The lowest BCUT2D eigenvalue weighted by Crippen LogP contribution is -2.26. The SMILES string of the molecule is CC1(C)Cc2cc(-c3c(O)ccc4c3CCCC=C4c3ccc(O[C@H]4CCN(CCCF)C4)nc3)ccc2N1. The Hall–Kier alpha value is -3.38. The number of alkyl halides is 1. The fourth-order valence-corrected chi connectivity index (χ4v) is 6.44. The topological polar surface area (TPSA) is 57.6 Å². The third-order valence-corrected chi connectivity index (χ3v) is 8.23. The number of ether oxygens (including phenoxy) is 1. The number of anilines is 1. The largest absolute Gasteiger partial charge is 0.507 e. The third-order valence-electron chi connectivity index (χ3n) is 8.23. The first-order valence-electron chi connectivity index (χ1n) is 14.3. The summed E-state index contributed by atoms with van der Waals surface area (Å²) in [6.45, 7) is 6.72. The molecule has 1 atom stereocenters. The monoisotopic (exact) mass is 527 g/mol. The van der Waals surface area contributed by atoms with Crippen LogP contribution in [0.1, 0.15) is 61.8 Å². The Kier molecular flexibility index (Phi) is 7.06. The van der Waals surface area contributed by atoms with Gasteiger partial charge in [0, 0.05) is 54.3 Å². The maximum Gasteiger partial charge on any atom is 0.213 e. The summed E-state index contributed by atoms with van der Waals surface area (Å²) < 4.78 is 18.7. The minimum absolute atomic E-state index is 0.0435. The van der Waals surface area contributed by atoms with E-state index in [1.807, 2.05) is 18.3 Å². The van der Waals surface area contributed by atoms with Crippen molar-refractivity contribution in [3.63, 3.8) is 0 Å². The molecule has 6 rings (SSSR count). The molecule has 5 nitrogen and oxygen atoms in total. The highest BCUT2D eigenvalue weighted by Gasteiger charge is 2.29. The average molecular weight is 528 g/mol. The Bertz CT molecular complexity index is 1380. The van der Waals surface area contributed by atoms with Gasteiger partial charge in [-0.25, -0.2) is 4.98 Å². The zero-order valence-corrected chi connectivity index (χ0v) is 23.0. The fourth-order valence-electron chi connectivity index (χ4n) is 6.44. The molecule has 39 heavy (non-hydrogen) atoms. The van der Waals surface area contributed by atoms with Gasteiger partial charge in [0.05, 0.1) is 6.67 Å². The number of rotatable bonds is 7. The van der Waals surface area contributed by atoms with Crippen LogP contribution in [0.25, 0.3) is 16.7 Å². The first-order valence-corrected chi connectivity index (χ1v) is 14.3. The molecule has 0 radical (unpaired) electrons. The molecule has 3 aromatic rings. The summed E-state index contributed by atoms with van der Waals surface area (Å²) in [7, 11) is 0. The molecule has 2 N–H and O–H groups in total. The number of hydrogen-bond acceptors (Lipinski definition) is 5. The van der Waals surface area contributed by atoms with Gasteiger partial charge in [0.2, 0.25) is 5.88 Å². The zero-order valence-electron chi connectivity index (χ0n) is 23.0. The van der Waals surface area contributed by atoms with Crippen LogP contribution in [0.15, 0.2) is 54.7 Å². The van der Waals surface area contributed by atoms with Gasteiger partial charge in [-0.05, 0) is 104 Å². The quantitative estimate of drug-likeness (QED) is 0.355. The molecular weight excluding hydrogens is 489 g/mol. The van der Waals surface area contributed by atoms with Gasteiger partial charge in [0.25, 0.3) is 0 Å². The minimum Gasteiger partial charge on any atom is -0.507 e. The van der Waals surface area contributed by atoms with Gasteiger partial charge in [-0.2, -0.15) is 0 Å². The second-order valence-corrected chi connectivity index (χ2v) is 11.8. The second kappa shape index (κ2) is 10.6. The molecular formula is C33H38FN3O2. The van der Waals surface area contributed by atoms with Crippen molar-refractivity contribution in [3.8, 4) is 22.8 Å². The van der Waals surface area contributed by atoms with Crippen LogP contribution in [0.5, 0.6) is 11.6 Å². The van der Waals surface area contributed by atoms with Crippen molar-refractivity contribution in [1.82, 2.24) is 9.88 Å². The molecule has 1 fully saturated rings.